The Bertz CT molecular complexity index is 303. The zero-order chi connectivity index (χ0) is 14.6. The summed E-state index contributed by atoms with van der Waals surface area (Å²) in [5.41, 5.74) is 0. The van der Waals surface area contributed by atoms with Gasteiger partial charge in [-0.3, -0.25) is 19.2 Å². The van der Waals surface area contributed by atoms with Gasteiger partial charge in [0.05, 0.1) is 18.4 Å². The molecule has 0 spiro atoms. The van der Waals surface area contributed by atoms with Crippen molar-refractivity contribution in [1.82, 2.24) is 0 Å². The predicted octanol–water partition coefficient (Wildman–Crippen LogP) is 1.02. The van der Waals surface area contributed by atoms with Gasteiger partial charge in [0.2, 0.25) is 0 Å². The van der Waals surface area contributed by atoms with Crippen LogP contribution in [0.5, 0.6) is 0 Å². The molecule has 0 fully saturated rings. The molecule has 0 heterocycles. The van der Waals surface area contributed by atoms with Gasteiger partial charge in [-0.05, 0) is 6.92 Å². The van der Waals surface area contributed by atoms with Crippen LogP contribution in [-0.2, 0) is 23.9 Å². The fourth-order valence-corrected chi connectivity index (χ4v) is 0.825. The zero-order valence-electron chi connectivity index (χ0n) is 9.78. The molecule has 0 aromatic heterocycles. The molecule has 0 saturated carbocycles. The van der Waals surface area contributed by atoms with Crippen molar-refractivity contribution in [2.24, 2.45) is 0 Å². The van der Waals surface area contributed by atoms with Gasteiger partial charge in [0.15, 0.2) is 11.6 Å². The number of halogens is 2. The van der Waals surface area contributed by atoms with Gasteiger partial charge in [0.25, 0.3) is 0 Å². The predicted molar refractivity (Wildman–Crippen MR) is 65.0 cm³/mol. The van der Waals surface area contributed by atoms with Crippen molar-refractivity contribution in [3.05, 3.63) is 0 Å². The lowest BCUT2D eigenvalue weighted by Gasteiger charge is -1.97. The van der Waals surface area contributed by atoms with Crippen LogP contribution in [0.15, 0.2) is 0 Å². The summed E-state index contributed by atoms with van der Waals surface area (Å²) >= 11 is 10.1. The average Bonchev–Trinajstić information content (AvgIpc) is 2.29. The maximum atomic E-state index is 10.5. The summed E-state index contributed by atoms with van der Waals surface area (Å²) in [6.45, 7) is 1.98. The molecule has 0 aliphatic carbocycles. The molecule has 18 heavy (non-hydrogen) atoms. The van der Waals surface area contributed by atoms with Crippen LogP contribution in [0.4, 0.5) is 0 Å². The molecule has 8 heteroatoms. The highest BCUT2D eigenvalue weighted by atomic mass is 35.5. The highest BCUT2D eigenvalue weighted by Crippen LogP contribution is 1.90. The van der Waals surface area contributed by atoms with E-state index < -0.39 is 24.1 Å². The lowest BCUT2D eigenvalue weighted by atomic mass is 10.3. The third-order valence-electron chi connectivity index (χ3n) is 1.29. The van der Waals surface area contributed by atoms with Crippen LogP contribution in [-0.4, -0.2) is 47.0 Å². The van der Waals surface area contributed by atoms with E-state index in [4.69, 9.17) is 28.3 Å². The van der Waals surface area contributed by atoms with Gasteiger partial charge >= 0.3 is 11.9 Å². The van der Waals surface area contributed by atoms with Gasteiger partial charge in [-0.25, -0.2) is 0 Å². The van der Waals surface area contributed by atoms with E-state index in [-0.39, 0.29) is 24.0 Å². The topological polar surface area (TPSA) is 97.7 Å². The standard InChI is InChI=1S/C6H9ClO3.C4H5ClO3/c1-2-10-6(9)3-5(8)4-7;5-2-3(6)1-4(7)8/h2-4H2,1H3;1-2H2,(H,7,8). The first kappa shape index (κ1) is 19.2. The van der Waals surface area contributed by atoms with Crippen molar-refractivity contribution in [3.63, 3.8) is 0 Å². The summed E-state index contributed by atoms with van der Waals surface area (Å²) in [6.07, 6.45) is -0.680. The van der Waals surface area contributed by atoms with E-state index in [9.17, 15) is 19.2 Å². The second-order valence-corrected chi connectivity index (χ2v) is 3.43. The number of rotatable bonds is 7. The highest BCUT2D eigenvalue weighted by Gasteiger charge is 2.07. The number of carbonyl (C=O) groups is 4. The Morgan fingerprint density at radius 3 is 1.72 bits per heavy atom. The van der Waals surface area contributed by atoms with Crippen LogP contribution in [0.2, 0.25) is 0 Å². The van der Waals surface area contributed by atoms with Crippen LogP contribution in [0.3, 0.4) is 0 Å². The molecule has 0 aliphatic rings. The van der Waals surface area contributed by atoms with Gasteiger partial charge < -0.3 is 9.84 Å². The minimum Gasteiger partial charge on any atom is -0.481 e. The Balaban J connectivity index is 0. The largest absolute Gasteiger partial charge is 0.481 e. The van der Waals surface area contributed by atoms with Gasteiger partial charge in [-0.15, -0.1) is 23.2 Å². The maximum Gasteiger partial charge on any atom is 0.313 e. The number of carboxylic acid groups (broad SMARTS) is 1. The number of ketones is 2. The molecule has 0 aromatic rings. The average molecular weight is 301 g/mol. The quantitative estimate of drug-likeness (QED) is 0.428. The van der Waals surface area contributed by atoms with E-state index >= 15 is 0 Å². The number of carboxylic acids is 1. The third-order valence-corrected chi connectivity index (χ3v) is 1.89. The van der Waals surface area contributed by atoms with Crippen LogP contribution in [0, 0.1) is 0 Å². The van der Waals surface area contributed by atoms with Crippen molar-refractivity contribution < 1.29 is 29.0 Å². The van der Waals surface area contributed by atoms with Crippen molar-refractivity contribution in [2.75, 3.05) is 18.4 Å². The second kappa shape index (κ2) is 12.3. The highest BCUT2D eigenvalue weighted by molar-refractivity contribution is 6.29. The molecule has 0 atom stereocenters. The SMILES string of the molecule is CCOC(=O)CC(=O)CCl.O=C(O)CC(=O)CCl. The van der Waals surface area contributed by atoms with Crippen molar-refractivity contribution >= 4 is 46.7 Å². The molecule has 0 rings (SSSR count). The summed E-state index contributed by atoms with van der Waals surface area (Å²) in [7, 11) is 0. The maximum absolute atomic E-state index is 10.5. The minimum atomic E-state index is -1.13. The Morgan fingerprint density at radius 2 is 1.44 bits per heavy atom. The number of aliphatic carboxylic acids is 1. The molecule has 0 bridgehead atoms. The Morgan fingerprint density at radius 1 is 1.00 bits per heavy atom. The second-order valence-electron chi connectivity index (χ2n) is 2.90. The molecular weight excluding hydrogens is 287 g/mol. The lowest BCUT2D eigenvalue weighted by molar-refractivity contribution is -0.145. The van der Waals surface area contributed by atoms with Crippen molar-refractivity contribution in [1.29, 1.82) is 0 Å². The number of Topliss-reactive ketones (excluding diaryl/α,β-unsaturated/α-hetero) is 2. The Kier molecular flexibility index (Phi) is 13.1. The number of hydrogen-bond acceptors (Lipinski definition) is 5. The summed E-state index contributed by atoms with van der Waals surface area (Å²) in [5, 5.41) is 7.94. The van der Waals surface area contributed by atoms with E-state index in [0.29, 0.717) is 6.61 Å². The molecule has 1 N–H and O–H groups in total. The molecule has 0 saturated heterocycles. The molecule has 0 aromatic carbocycles. The van der Waals surface area contributed by atoms with Gasteiger partial charge in [-0.2, -0.15) is 0 Å². The molecule has 104 valence electrons. The van der Waals surface area contributed by atoms with Crippen LogP contribution in [0.25, 0.3) is 0 Å². The summed E-state index contributed by atoms with van der Waals surface area (Å²) in [6, 6.07) is 0. The van der Waals surface area contributed by atoms with Crippen LogP contribution < -0.4 is 0 Å². The normalized spacial score (nSPS) is 8.83. The monoisotopic (exact) mass is 300 g/mol. The smallest absolute Gasteiger partial charge is 0.313 e. The van der Waals surface area contributed by atoms with Crippen molar-refractivity contribution in [2.45, 2.75) is 19.8 Å². The Hall–Kier alpha value is -1.14. The van der Waals surface area contributed by atoms with E-state index in [1.165, 1.54) is 0 Å². The first-order chi connectivity index (χ1) is 8.37. The number of hydrogen-bond donors (Lipinski definition) is 1. The molecule has 0 radical (unpaired) electrons. The molecule has 0 unspecified atom stereocenters. The Labute approximate surface area is 114 Å². The van der Waals surface area contributed by atoms with Gasteiger partial charge in [-0.1, -0.05) is 0 Å². The fourth-order valence-electron chi connectivity index (χ4n) is 0.636. The van der Waals surface area contributed by atoms with E-state index in [0.717, 1.165) is 0 Å². The van der Waals surface area contributed by atoms with E-state index in [1.54, 1.807) is 6.92 Å². The molecular formula is C10H14Cl2O6. The number of alkyl halides is 2. The third kappa shape index (κ3) is 14.9. The number of carbonyl (C=O) groups excluding carboxylic acids is 3. The molecule has 6 nitrogen and oxygen atoms in total. The molecule has 0 aliphatic heterocycles. The van der Waals surface area contributed by atoms with Crippen LogP contribution in [0.1, 0.15) is 19.8 Å². The molecule has 0 amide bonds. The van der Waals surface area contributed by atoms with Crippen molar-refractivity contribution in [3.8, 4) is 0 Å². The van der Waals surface area contributed by atoms with E-state index in [2.05, 4.69) is 4.74 Å². The summed E-state index contributed by atoms with van der Waals surface area (Å²) in [4.78, 5) is 40.8. The fraction of sp³-hybridized carbons (Fsp3) is 0.600. The lowest BCUT2D eigenvalue weighted by Crippen LogP contribution is -2.11. The zero-order valence-corrected chi connectivity index (χ0v) is 11.3. The van der Waals surface area contributed by atoms with Crippen LogP contribution >= 0.6 is 23.2 Å². The number of ether oxygens (including phenoxy) is 1. The first-order valence-electron chi connectivity index (χ1n) is 4.90. The summed E-state index contributed by atoms with van der Waals surface area (Å²) < 4.78 is 4.50. The summed E-state index contributed by atoms with van der Waals surface area (Å²) in [5.74, 6) is -2.74. The van der Waals surface area contributed by atoms with E-state index in [1.807, 2.05) is 0 Å². The first-order valence-corrected chi connectivity index (χ1v) is 5.96. The van der Waals surface area contributed by atoms with Gasteiger partial charge in [0, 0.05) is 0 Å². The number of esters is 1. The minimum absolute atomic E-state index is 0.126. The van der Waals surface area contributed by atoms with Gasteiger partial charge in [0.1, 0.15) is 12.8 Å².